The zero-order valence-electron chi connectivity index (χ0n) is 17.7. The van der Waals surface area contributed by atoms with E-state index in [9.17, 15) is 9.59 Å². The highest BCUT2D eigenvalue weighted by Crippen LogP contribution is 2.31. The summed E-state index contributed by atoms with van der Waals surface area (Å²) in [5, 5.41) is 8.18. The number of carbonyl (C=O) groups excluding carboxylic acids is 1. The molecule has 8 heteroatoms. The minimum absolute atomic E-state index is 0.213. The Labute approximate surface area is 183 Å². The van der Waals surface area contributed by atoms with Crippen LogP contribution in [-0.2, 0) is 11.3 Å². The Balaban J connectivity index is 1.76. The summed E-state index contributed by atoms with van der Waals surface area (Å²) in [4.78, 5) is 30.1. The van der Waals surface area contributed by atoms with Crippen molar-refractivity contribution in [2.75, 3.05) is 12.4 Å². The van der Waals surface area contributed by atoms with E-state index >= 15 is 0 Å². The highest BCUT2D eigenvalue weighted by atomic mass is 32.1. The SMILES string of the molecule is COc1cccc(-c2nn(CC(=O)Nc3cccc(C)c3C)c(=O)c3nc(C)sc23)c1. The molecule has 2 aromatic heterocycles. The van der Waals surface area contributed by atoms with Crippen molar-refractivity contribution >= 4 is 33.1 Å². The van der Waals surface area contributed by atoms with Gasteiger partial charge in [0.25, 0.3) is 5.56 Å². The summed E-state index contributed by atoms with van der Waals surface area (Å²) in [6, 6.07) is 13.1. The van der Waals surface area contributed by atoms with Gasteiger partial charge >= 0.3 is 0 Å². The maximum absolute atomic E-state index is 13.0. The van der Waals surface area contributed by atoms with Crippen LogP contribution in [0.4, 0.5) is 5.69 Å². The summed E-state index contributed by atoms with van der Waals surface area (Å²) < 4.78 is 7.20. The summed E-state index contributed by atoms with van der Waals surface area (Å²) in [6.45, 7) is 5.56. The lowest BCUT2D eigenvalue weighted by Crippen LogP contribution is -2.30. The molecule has 0 aliphatic heterocycles. The minimum atomic E-state index is -0.387. The lowest BCUT2D eigenvalue weighted by atomic mass is 10.1. The van der Waals surface area contributed by atoms with E-state index in [1.54, 1.807) is 7.11 Å². The van der Waals surface area contributed by atoms with Gasteiger partial charge in [-0.1, -0.05) is 24.3 Å². The van der Waals surface area contributed by atoms with Crippen LogP contribution in [0.1, 0.15) is 16.1 Å². The van der Waals surface area contributed by atoms with E-state index in [0.717, 1.165) is 27.4 Å². The highest BCUT2D eigenvalue weighted by molar-refractivity contribution is 7.19. The molecule has 0 aliphatic rings. The number of anilines is 1. The van der Waals surface area contributed by atoms with Gasteiger partial charge in [0.1, 0.15) is 18.0 Å². The molecule has 0 fully saturated rings. The van der Waals surface area contributed by atoms with E-state index in [1.807, 2.05) is 63.2 Å². The summed E-state index contributed by atoms with van der Waals surface area (Å²) in [6.07, 6.45) is 0. The largest absolute Gasteiger partial charge is 0.497 e. The molecule has 0 saturated carbocycles. The molecule has 2 heterocycles. The number of methoxy groups -OCH3 is 1. The summed E-state index contributed by atoms with van der Waals surface area (Å²) in [5.41, 5.74) is 4.09. The highest BCUT2D eigenvalue weighted by Gasteiger charge is 2.18. The number of aromatic nitrogens is 3. The van der Waals surface area contributed by atoms with Gasteiger partial charge in [0.15, 0.2) is 5.52 Å². The number of amides is 1. The second-order valence-corrected chi connectivity index (χ2v) is 8.45. The molecule has 1 amide bonds. The molecule has 31 heavy (non-hydrogen) atoms. The van der Waals surface area contributed by atoms with E-state index in [-0.39, 0.29) is 18.0 Å². The normalized spacial score (nSPS) is 11.0. The second kappa shape index (κ2) is 8.31. The van der Waals surface area contributed by atoms with Crippen LogP contribution in [-0.4, -0.2) is 27.8 Å². The zero-order valence-corrected chi connectivity index (χ0v) is 18.5. The predicted molar refractivity (Wildman–Crippen MR) is 123 cm³/mol. The van der Waals surface area contributed by atoms with Crippen LogP contribution in [0.5, 0.6) is 5.75 Å². The van der Waals surface area contributed by atoms with Crippen LogP contribution >= 0.6 is 11.3 Å². The average Bonchev–Trinajstić information content (AvgIpc) is 3.15. The van der Waals surface area contributed by atoms with Crippen molar-refractivity contribution in [3.8, 4) is 17.0 Å². The first-order chi connectivity index (χ1) is 14.9. The van der Waals surface area contributed by atoms with Gasteiger partial charge in [-0.05, 0) is 50.1 Å². The molecule has 2 aromatic carbocycles. The molecule has 4 rings (SSSR count). The van der Waals surface area contributed by atoms with Crippen LogP contribution in [0.25, 0.3) is 21.5 Å². The topological polar surface area (TPSA) is 86.1 Å². The molecule has 0 radical (unpaired) electrons. The van der Waals surface area contributed by atoms with E-state index in [2.05, 4.69) is 15.4 Å². The van der Waals surface area contributed by atoms with Crippen LogP contribution in [0.3, 0.4) is 0 Å². The number of fused-ring (bicyclic) bond motifs is 1. The maximum atomic E-state index is 13.0. The molecule has 0 saturated heterocycles. The number of hydrogen-bond donors (Lipinski definition) is 1. The van der Waals surface area contributed by atoms with Crippen molar-refractivity contribution in [1.82, 2.24) is 14.8 Å². The molecular formula is C23H22N4O3S. The number of nitrogens with one attached hydrogen (secondary N) is 1. The molecule has 0 bridgehead atoms. The predicted octanol–water partition coefficient (Wildman–Crippen LogP) is 4.09. The third-order valence-electron chi connectivity index (χ3n) is 5.12. The number of nitrogens with zero attached hydrogens (tertiary/aromatic N) is 3. The molecule has 0 unspecified atom stereocenters. The molecular weight excluding hydrogens is 412 g/mol. The lowest BCUT2D eigenvalue weighted by molar-refractivity contribution is -0.117. The van der Waals surface area contributed by atoms with Crippen LogP contribution in [0.2, 0.25) is 0 Å². The smallest absolute Gasteiger partial charge is 0.294 e. The third-order valence-corrected chi connectivity index (χ3v) is 6.10. The molecule has 1 N–H and O–H groups in total. The average molecular weight is 435 g/mol. The Morgan fingerprint density at radius 1 is 1.16 bits per heavy atom. The maximum Gasteiger partial charge on any atom is 0.294 e. The van der Waals surface area contributed by atoms with Crippen molar-refractivity contribution in [3.05, 3.63) is 69.0 Å². The molecule has 0 spiro atoms. The van der Waals surface area contributed by atoms with Crippen molar-refractivity contribution < 1.29 is 9.53 Å². The number of aryl methyl sites for hydroxylation is 2. The Kier molecular flexibility index (Phi) is 5.56. The number of thiazole rings is 1. The second-order valence-electron chi connectivity index (χ2n) is 7.25. The molecule has 7 nitrogen and oxygen atoms in total. The Morgan fingerprint density at radius 3 is 2.71 bits per heavy atom. The van der Waals surface area contributed by atoms with Crippen molar-refractivity contribution in [1.29, 1.82) is 0 Å². The Morgan fingerprint density at radius 2 is 1.94 bits per heavy atom. The first-order valence-electron chi connectivity index (χ1n) is 9.76. The van der Waals surface area contributed by atoms with E-state index in [4.69, 9.17) is 4.74 Å². The van der Waals surface area contributed by atoms with E-state index < -0.39 is 0 Å². The third kappa shape index (κ3) is 4.06. The van der Waals surface area contributed by atoms with Crippen molar-refractivity contribution in [3.63, 3.8) is 0 Å². The van der Waals surface area contributed by atoms with Gasteiger partial charge < -0.3 is 10.1 Å². The molecule has 4 aromatic rings. The van der Waals surface area contributed by atoms with Gasteiger partial charge in [-0.25, -0.2) is 9.67 Å². The van der Waals surface area contributed by atoms with Gasteiger partial charge in [-0.2, -0.15) is 5.10 Å². The zero-order chi connectivity index (χ0) is 22.1. The number of carbonyl (C=O) groups is 1. The lowest BCUT2D eigenvalue weighted by Gasteiger charge is -2.12. The number of hydrogen-bond acceptors (Lipinski definition) is 6. The van der Waals surface area contributed by atoms with Crippen LogP contribution in [0, 0.1) is 20.8 Å². The van der Waals surface area contributed by atoms with Gasteiger partial charge in [0.2, 0.25) is 5.91 Å². The minimum Gasteiger partial charge on any atom is -0.497 e. The summed E-state index contributed by atoms with van der Waals surface area (Å²) in [5.74, 6) is 0.352. The number of benzene rings is 2. The summed E-state index contributed by atoms with van der Waals surface area (Å²) in [7, 11) is 1.59. The fourth-order valence-electron chi connectivity index (χ4n) is 3.34. The number of ether oxygens (including phenoxy) is 1. The van der Waals surface area contributed by atoms with E-state index in [1.165, 1.54) is 16.0 Å². The van der Waals surface area contributed by atoms with Crippen molar-refractivity contribution in [2.45, 2.75) is 27.3 Å². The first kappa shape index (κ1) is 20.7. The van der Waals surface area contributed by atoms with Gasteiger partial charge in [0, 0.05) is 11.3 Å². The quantitative estimate of drug-likeness (QED) is 0.511. The number of rotatable bonds is 5. The molecule has 0 atom stereocenters. The fraction of sp³-hybridized carbons (Fsp3) is 0.217. The standard InChI is InChI=1S/C23H22N4O3S/c1-13-7-5-10-18(14(13)2)25-19(28)12-27-23(29)21-22(31-15(3)24-21)20(26-27)16-8-6-9-17(11-16)30-4/h5-11H,12H2,1-4H3,(H,25,28). The van der Waals surface area contributed by atoms with E-state index in [0.29, 0.717) is 21.7 Å². The fourth-order valence-corrected chi connectivity index (χ4v) is 4.26. The van der Waals surface area contributed by atoms with Gasteiger partial charge in [-0.15, -0.1) is 11.3 Å². The molecule has 0 aliphatic carbocycles. The van der Waals surface area contributed by atoms with Crippen molar-refractivity contribution in [2.24, 2.45) is 0 Å². The molecule has 158 valence electrons. The Hall–Kier alpha value is -3.52. The first-order valence-corrected chi connectivity index (χ1v) is 10.6. The van der Waals surface area contributed by atoms with Gasteiger partial charge in [-0.3, -0.25) is 9.59 Å². The Bertz CT molecular complexity index is 1360. The van der Waals surface area contributed by atoms with Gasteiger partial charge in [0.05, 0.1) is 16.8 Å². The van der Waals surface area contributed by atoms with Crippen LogP contribution in [0.15, 0.2) is 47.3 Å². The van der Waals surface area contributed by atoms with Crippen LogP contribution < -0.4 is 15.6 Å². The summed E-state index contributed by atoms with van der Waals surface area (Å²) >= 11 is 1.41. The monoisotopic (exact) mass is 434 g/mol.